The lowest BCUT2D eigenvalue weighted by atomic mass is 10.2. The summed E-state index contributed by atoms with van der Waals surface area (Å²) in [5.74, 6) is 0.310. The van der Waals surface area contributed by atoms with E-state index >= 15 is 0 Å². The highest BCUT2D eigenvalue weighted by molar-refractivity contribution is 6.42. The predicted molar refractivity (Wildman–Crippen MR) is 90.9 cm³/mol. The molecule has 3 aromatic rings. The van der Waals surface area contributed by atoms with Gasteiger partial charge in [0.25, 0.3) is 0 Å². The van der Waals surface area contributed by atoms with Gasteiger partial charge >= 0.3 is 6.16 Å². The van der Waals surface area contributed by atoms with Gasteiger partial charge in [0, 0.05) is 10.9 Å². The lowest BCUT2D eigenvalue weighted by Crippen LogP contribution is -2.10. The molecule has 4 nitrogen and oxygen atoms in total. The van der Waals surface area contributed by atoms with Gasteiger partial charge in [-0.3, -0.25) is 0 Å². The number of rotatable bonds is 3. The van der Waals surface area contributed by atoms with Gasteiger partial charge in [-0.15, -0.1) is 0 Å². The molecule has 118 valence electrons. The smallest absolute Gasteiger partial charge is 0.449 e. The molecule has 1 aromatic heterocycles. The second-order valence-corrected chi connectivity index (χ2v) is 5.96. The summed E-state index contributed by atoms with van der Waals surface area (Å²) in [6, 6.07) is 13.0. The van der Waals surface area contributed by atoms with Crippen molar-refractivity contribution in [2.45, 2.75) is 13.5 Å². The van der Waals surface area contributed by atoms with Gasteiger partial charge in [0.05, 0.1) is 22.1 Å². The molecule has 0 atom stereocenters. The number of benzene rings is 2. The van der Waals surface area contributed by atoms with E-state index in [2.05, 4.69) is 0 Å². The first-order valence-electron chi connectivity index (χ1n) is 6.90. The van der Waals surface area contributed by atoms with Crippen molar-refractivity contribution in [3.8, 4) is 5.88 Å². The zero-order chi connectivity index (χ0) is 16.6. The molecular weight excluding hydrogens is 337 g/mol. The number of fused-ring (bicyclic) bond motifs is 1. The molecule has 0 amide bonds. The molecule has 0 aliphatic rings. The first kappa shape index (κ1) is 15.7. The molecule has 0 radical (unpaired) electrons. The molecule has 2 aromatic carbocycles. The Balaban J connectivity index is 2.14. The first-order valence-corrected chi connectivity index (χ1v) is 7.65. The van der Waals surface area contributed by atoms with Crippen LogP contribution in [0.25, 0.3) is 10.9 Å². The maximum absolute atomic E-state index is 11.0. The van der Waals surface area contributed by atoms with E-state index in [1.54, 1.807) is 12.1 Å². The van der Waals surface area contributed by atoms with E-state index in [4.69, 9.17) is 33.0 Å². The summed E-state index contributed by atoms with van der Waals surface area (Å²) in [4.78, 5) is 11.0. The van der Waals surface area contributed by atoms with Crippen LogP contribution in [0.4, 0.5) is 4.79 Å². The Morgan fingerprint density at radius 3 is 2.61 bits per heavy atom. The SMILES string of the molecule is Cc1c(OC(=O)O)n(Cc2ccc(Cl)c(Cl)c2)c2ccccc12. The summed E-state index contributed by atoms with van der Waals surface area (Å²) in [5.41, 5.74) is 2.57. The Hall–Kier alpha value is -2.17. The Kier molecular flexibility index (Phi) is 4.20. The molecular formula is C17H13Cl2NO3. The summed E-state index contributed by atoms with van der Waals surface area (Å²) < 4.78 is 6.83. The molecule has 1 heterocycles. The van der Waals surface area contributed by atoms with Crippen molar-refractivity contribution >= 4 is 40.3 Å². The minimum Gasteiger partial charge on any atom is -0.449 e. The highest BCUT2D eigenvalue weighted by atomic mass is 35.5. The lowest BCUT2D eigenvalue weighted by Gasteiger charge is -2.11. The molecule has 3 rings (SSSR count). The molecule has 6 heteroatoms. The fourth-order valence-electron chi connectivity index (χ4n) is 2.65. The van der Waals surface area contributed by atoms with Gasteiger partial charge in [-0.1, -0.05) is 47.5 Å². The maximum atomic E-state index is 11.0. The third-order valence-corrected chi connectivity index (χ3v) is 4.41. The van der Waals surface area contributed by atoms with Crippen LogP contribution >= 0.6 is 23.2 Å². The number of nitrogens with zero attached hydrogens (tertiary/aromatic N) is 1. The number of ether oxygens (including phenoxy) is 1. The number of carbonyl (C=O) groups is 1. The van der Waals surface area contributed by atoms with Crippen LogP contribution in [-0.4, -0.2) is 15.8 Å². The molecule has 0 aliphatic carbocycles. The summed E-state index contributed by atoms with van der Waals surface area (Å²) in [6.45, 7) is 2.26. The predicted octanol–water partition coefficient (Wildman–Crippen LogP) is 5.36. The van der Waals surface area contributed by atoms with Crippen molar-refractivity contribution in [1.29, 1.82) is 0 Å². The molecule has 0 unspecified atom stereocenters. The topological polar surface area (TPSA) is 51.5 Å². The van der Waals surface area contributed by atoms with Crippen LogP contribution in [-0.2, 0) is 6.54 Å². The van der Waals surface area contributed by atoms with Crippen molar-refractivity contribution in [3.05, 3.63) is 63.6 Å². The van der Waals surface area contributed by atoms with E-state index in [1.807, 2.05) is 41.8 Å². The number of hydrogen-bond donors (Lipinski definition) is 1. The number of halogens is 2. The fourth-order valence-corrected chi connectivity index (χ4v) is 2.97. The summed E-state index contributed by atoms with van der Waals surface area (Å²) >= 11 is 12.0. The first-order chi connectivity index (χ1) is 11.0. The van der Waals surface area contributed by atoms with Crippen LogP contribution in [0.2, 0.25) is 10.0 Å². The van der Waals surface area contributed by atoms with Crippen LogP contribution in [0.5, 0.6) is 5.88 Å². The van der Waals surface area contributed by atoms with Crippen molar-refractivity contribution in [2.75, 3.05) is 0 Å². The van der Waals surface area contributed by atoms with Crippen molar-refractivity contribution < 1.29 is 14.6 Å². The zero-order valence-electron chi connectivity index (χ0n) is 12.2. The quantitative estimate of drug-likeness (QED) is 0.647. The van der Waals surface area contributed by atoms with Gasteiger partial charge in [0.2, 0.25) is 5.88 Å². The Bertz CT molecular complexity index is 902. The molecule has 23 heavy (non-hydrogen) atoms. The maximum Gasteiger partial charge on any atom is 0.512 e. The number of aromatic nitrogens is 1. The Labute approximate surface area is 142 Å². The second kappa shape index (κ2) is 6.14. The van der Waals surface area contributed by atoms with Crippen LogP contribution in [0.15, 0.2) is 42.5 Å². The van der Waals surface area contributed by atoms with E-state index in [0.717, 1.165) is 22.0 Å². The van der Waals surface area contributed by atoms with Crippen LogP contribution in [0, 0.1) is 6.92 Å². The third kappa shape index (κ3) is 3.00. The molecule has 0 saturated heterocycles. The summed E-state index contributed by atoms with van der Waals surface area (Å²) in [6.07, 6.45) is -1.34. The van der Waals surface area contributed by atoms with E-state index in [0.29, 0.717) is 22.5 Å². The van der Waals surface area contributed by atoms with Crippen LogP contribution in [0.3, 0.4) is 0 Å². The van der Waals surface area contributed by atoms with Gasteiger partial charge in [-0.05, 0) is 30.7 Å². The normalized spacial score (nSPS) is 10.9. The van der Waals surface area contributed by atoms with Gasteiger partial charge in [-0.2, -0.15) is 0 Å². The average Bonchev–Trinajstić information content (AvgIpc) is 2.77. The van der Waals surface area contributed by atoms with Crippen LogP contribution in [0.1, 0.15) is 11.1 Å². The van der Waals surface area contributed by atoms with Crippen molar-refractivity contribution in [2.24, 2.45) is 0 Å². The Morgan fingerprint density at radius 2 is 1.91 bits per heavy atom. The fraction of sp³-hybridized carbons (Fsp3) is 0.118. The third-order valence-electron chi connectivity index (χ3n) is 3.67. The molecule has 1 N–H and O–H groups in total. The largest absolute Gasteiger partial charge is 0.512 e. The molecule has 0 saturated carbocycles. The van der Waals surface area contributed by atoms with Gasteiger partial charge in [-0.25, -0.2) is 4.79 Å². The average molecular weight is 350 g/mol. The zero-order valence-corrected chi connectivity index (χ0v) is 13.7. The highest BCUT2D eigenvalue weighted by Crippen LogP contribution is 2.33. The van der Waals surface area contributed by atoms with Gasteiger partial charge < -0.3 is 14.4 Å². The Morgan fingerprint density at radius 1 is 1.17 bits per heavy atom. The summed E-state index contributed by atoms with van der Waals surface area (Å²) in [5, 5.41) is 10.9. The van der Waals surface area contributed by atoms with E-state index in [-0.39, 0.29) is 0 Å². The second-order valence-electron chi connectivity index (χ2n) is 5.15. The van der Waals surface area contributed by atoms with Crippen molar-refractivity contribution in [3.63, 3.8) is 0 Å². The molecule has 0 fully saturated rings. The monoisotopic (exact) mass is 349 g/mol. The van der Waals surface area contributed by atoms with Gasteiger partial charge in [0.15, 0.2) is 0 Å². The van der Waals surface area contributed by atoms with Crippen LogP contribution < -0.4 is 4.74 Å². The number of aryl methyl sites for hydroxylation is 1. The van der Waals surface area contributed by atoms with Gasteiger partial charge in [0.1, 0.15) is 0 Å². The minimum atomic E-state index is -1.34. The lowest BCUT2D eigenvalue weighted by molar-refractivity contribution is 0.140. The number of carboxylic acid groups (broad SMARTS) is 1. The highest BCUT2D eigenvalue weighted by Gasteiger charge is 2.18. The summed E-state index contributed by atoms with van der Waals surface area (Å²) in [7, 11) is 0. The number of para-hydroxylation sites is 1. The van der Waals surface area contributed by atoms with E-state index < -0.39 is 6.16 Å². The molecule has 0 bridgehead atoms. The molecule has 0 spiro atoms. The standard InChI is InChI=1S/C17H13Cl2NO3/c1-10-12-4-2-3-5-15(12)20(16(10)23-17(21)22)9-11-6-7-13(18)14(19)8-11/h2-8H,9H2,1H3,(H,21,22). The van der Waals surface area contributed by atoms with Crippen molar-refractivity contribution in [1.82, 2.24) is 4.57 Å². The number of hydrogen-bond acceptors (Lipinski definition) is 2. The molecule has 0 aliphatic heterocycles. The van der Waals surface area contributed by atoms with E-state index in [9.17, 15) is 4.79 Å². The van der Waals surface area contributed by atoms with E-state index in [1.165, 1.54) is 0 Å². The minimum absolute atomic E-state index is 0.310.